The van der Waals surface area contributed by atoms with Crippen molar-refractivity contribution in [3.05, 3.63) is 42.0 Å². The number of para-hydroxylation sites is 1. The molecule has 0 bridgehead atoms. The summed E-state index contributed by atoms with van der Waals surface area (Å²) in [6.07, 6.45) is 11.7. The van der Waals surface area contributed by atoms with Gasteiger partial charge in [0.25, 0.3) is 0 Å². The molecule has 2 heteroatoms. The topological polar surface area (TPSA) is 15.3 Å². The van der Waals surface area contributed by atoms with Crippen LogP contribution in [0.1, 0.15) is 44.9 Å². The summed E-state index contributed by atoms with van der Waals surface area (Å²) in [7, 11) is 0. The first-order valence-corrected chi connectivity index (χ1v) is 8.63. The van der Waals surface area contributed by atoms with E-state index >= 15 is 0 Å². The molecule has 0 saturated carbocycles. The van der Waals surface area contributed by atoms with Crippen molar-refractivity contribution >= 4 is 5.69 Å². The lowest BCUT2D eigenvalue weighted by molar-refractivity contribution is 0.416. The van der Waals surface area contributed by atoms with E-state index in [1.165, 1.54) is 70.3 Å². The van der Waals surface area contributed by atoms with Gasteiger partial charge in [-0.2, -0.15) is 0 Å². The molecular weight excluding hydrogens is 256 g/mol. The van der Waals surface area contributed by atoms with Crippen molar-refractivity contribution in [3.63, 3.8) is 0 Å². The SMILES string of the molecule is C1=C(CCNC2CCN(c3ccccc3)CC2)CCCC1. The number of nitrogens with one attached hydrogen (secondary N) is 1. The molecule has 1 saturated heterocycles. The molecule has 1 fully saturated rings. The van der Waals surface area contributed by atoms with Gasteiger partial charge in [-0.15, -0.1) is 0 Å². The van der Waals surface area contributed by atoms with Gasteiger partial charge in [0.15, 0.2) is 0 Å². The van der Waals surface area contributed by atoms with Crippen molar-refractivity contribution < 1.29 is 0 Å². The standard InChI is InChI=1S/C19H28N2/c1-3-7-17(8-4-1)11-14-20-18-12-15-21(16-13-18)19-9-5-2-6-10-19/h2,5-7,9-10,18,20H,1,3-4,8,11-16H2. The van der Waals surface area contributed by atoms with Crippen LogP contribution in [0.2, 0.25) is 0 Å². The highest BCUT2D eigenvalue weighted by Gasteiger charge is 2.18. The highest BCUT2D eigenvalue weighted by Crippen LogP contribution is 2.21. The highest BCUT2D eigenvalue weighted by atomic mass is 15.1. The Bertz CT molecular complexity index is 444. The number of hydrogen-bond donors (Lipinski definition) is 1. The maximum Gasteiger partial charge on any atom is 0.0366 e. The summed E-state index contributed by atoms with van der Waals surface area (Å²) in [5.41, 5.74) is 3.07. The number of hydrogen-bond acceptors (Lipinski definition) is 2. The molecule has 0 aromatic heterocycles. The van der Waals surface area contributed by atoms with Crippen LogP contribution in [-0.2, 0) is 0 Å². The number of allylic oxidation sites excluding steroid dienone is 1. The Hall–Kier alpha value is -1.28. The van der Waals surface area contributed by atoms with Crippen LogP contribution in [0.25, 0.3) is 0 Å². The van der Waals surface area contributed by atoms with Gasteiger partial charge in [-0.05, 0) is 63.6 Å². The van der Waals surface area contributed by atoms with Crippen molar-refractivity contribution in [1.29, 1.82) is 0 Å². The molecular formula is C19H28N2. The summed E-state index contributed by atoms with van der Waals surface area (Å²) < 4.78 is 0. The summed E-state index contributed by atoms with van der Waals surface area (Å²) in [4.78, 5) is 2.52. The molecule has 0 spiro atoms. The Morgan fingerprint density at radius 1 is 1.05 bits per heavy atom. The van der Waals surface area contributed by atoms with Crippen LogP contribution in [0.3, 0.4) is 0 Å². The van der Waals surface area contributed by atoms with Crippen molar-refractivity contribution in [2.75, 3.05) is 24.5 Å². The molecule has 1 N–H and O–H groups in total. The number of rotatable bonds is 5. The predicted molar refractivity (Wildman–Crippen MR) is 90.8 cm³/mol. The summed E-state index contributed by atoms with van der Waals surface area (Å²) in [5, 5.41) is 3.77. The van der Waals surface area contributed by atoms with Crippen LogP contribution in [0.4, 0.5) is 5.69 Å². The maximum atomic E-state index is 3.77. The van der Waals surface area contributed by atoms with E-state index in [1.54, 1.807) is 5.57 Å². The third-order valence-electron chi connectivity index (χ3n) is 4.88. The van der Waals surface area contributed by atoms with Crippen LogP contribution in [-0.4, -0.2) is 25.7 Å². The zero-order valence-electron chi connectivity index (χ0n) is 13.1. The first kappa shape index (κ1) is 14.6. The smallest absolute Gasteiger partial charge is 0.0366 e. The van der Waals surface area contributed by atoms with E-state index in [4.69, 9.17) is 0 Å². The fraction of sp³-hybridized carbons (Fsp3) is 0.579. The van der Waals surface area contributed by atoms with Gasteiger partial charge in [0.1, 0.15) is 0 Å². The van der Waals surface area contributed by atoms with Gasteiger partial charge in [0.2, 0.25) is 0 Å². The van der Waals surface area contributed by atoms with Crippen LogP contribution in [0.5, 0.6) is 0 Å². The molecule has 0 amide bonds. The lowest BCUT2D eigenvalue weighted by atomic mass is 9.97. The quantitative estimate of drug-likeness (QED) is 0.818. The first-order valence-electron chi connectivity index (χ1n) is 8.63. The minimum atomic E-state index is 0.717. The monoisotopic (exact) mass is 284 g/mol. The van der Waals surface area contributed by atoms with E-state index in [-0.39, 0.29) is 0 Å². The molecule has 21 heavy (non-hydrogen) atoms. The summed E-state index contributed by atoms with van der Waals surface area (Å²) in [6, 6.07) is 11.5. The normalized spacial score (nSPS) is 20.4. The van der Waals surface area contributed by atoms with E-state index in [1.807, 2.05) is 0 Å². The molecule has 3 rings (SSSR count). The Balaban J connectivity index is 1.37. The highest BCUT2D eigenvalue weighted by molar-refractivity contribution is 5.46. The Morgan fingerprint density at radius 2 is 1.86 bits per heavy atom. The van der Waals surface area contributed by atoms with Gasteiger partial charge >= 0.3 is 0 Å². The third-order valence-corrected chi connectivity index (χ3v) is 4.88. The molecule has 2 nitrogen and oxygen atoms in total. The van der Waals surface area contributed by atoms with Gasteiger partial charge in [-0.3, -0.25) is 0 Å². The van der Waals surface area contributed by atoms with Crippen molar-refractivity contribution in [3.8, 4) is 0 Å². The maximum absolute atomic E-state index is 3.77. The van der Waals surface area contributed by atoms with E-state index in [0.717, 1.165) is 0 Å². The Morgan fingerprint density at radius 3 is 2.57 bits per heavy atom. The van der Waals surface area contributed by atoms with Gasteiger partial charge in [-0.25, -0.2) is 0 Å². The van der Waals surface area contributed by atoms with E-state index in [0.29, 0.717) is 6.04 Å². The van der Waals surface area contributed by atoms with Crippen molar-refractivity contribution in [2.24, 2.45) is 0 Å². The fourth-order valence-electron chi connectivity index (χ4n) is 3.55. The first-order chi connectivity index (χ1) is 10.4. The minimum absolute atomic E-state index is 0.717. The van der Waals surface area contributed by atoms with Crippen molar-refractivity contribution in [1.82, 2.24) is 5.32 Å². The summed E-state index contributed by atoms with van der Waals surface area (Å²) in [5.74, 6) is 0. The lowest BCUT2D eigenvalue weighted by Crippen LogP contribution is -2.42. The van der Waals surface area contributed by atoms with Crippen LogP contribution < -0.4 is 10.2 Å². The molecule has 0 radical (unpaired) electrons. The number of piperidine rings is 1. The van der Waals surface area contributed by atoms with Gasteiger partial charge in [-0.1, -0.05) is 29.8 Å². The largest absolute Gasteiger partial charge is 0.371 e. The van der Waals surface area contributed by atoms with E-state index < -0.39 is 0 Å². The number of anilines is 1. The molecule has 1 aliphatic carbocycles. The van der Waals surface area contributed by atoms with Crippen molar-refractivity contribution in [2.45, 2.75) is 51.0 Å². The Kier molecular flexibility index (Phi) is 5.34. The number of benzene rings is 1. The predicted octanol–water partition coefficient (Wildman–Crippen LogP) is 4.14. The Labute approximate surface area is 129 Å². The van der Waals surface area contributed by atoms with E-state index in [2.05, 4.69) is 46.6 Å². The molecule has 0 unspecified atom stereocenters. The summed E-state index contributed by atoms with van der Waals surface area (Å²) >= 11 is 0. The molecule has 1 aromatic rings. The number of nitrogens with zero attached hydrogens (tertiary/aromatic N) is 1. The fourth-order valence-corrected chi connectivity index (χ4v) is 3.55. The molecule has 0 atom stereocenters. The average molecular weight is 284 g/mol. The van der Waals surface area contributed by atoms with Crippen LogP contribution in [0.15, 0.2) is 42.0 Å². The zero-order chi connectivity index (χ0) is 14.3. The minimum Gasteiger partial charge on any atom is -0.371 e. The molecule has 1 aliphatic heterocycles. The van der Waals surface area contributed by atoms with Gasteiger partial charge < -0.3 is 10.2 Å². The van der Waals surface area contributed by atoms with Crippen LogP contribution in [0, 0.1) is 0 Å². The van der Waals surface area contributed by atoms with Gasteiger partial charge in [0, 0.05) is 24.8 Å². The summed E-state index contributed by atoms with van der Waals surface area (Å²) in [6.45, 7) is 3.54. The van der Waals surface area contributed by atoms with Crippen LogP contribution >= 0.6 is 0 Å². The molecule has 1 heterocycles. The molecule has 2 aliphatic rings. The second kappa shape index (κ2) is 7.65. The second-order valence-corrected chi connectivity index (χ2v) is 6.41. The second-order valence-electron chi connectivity index (χ2n) is 6.41. The molecule has 1 aromatic carbocycles. The average Bonchev–Trinajstić information content (AvgIpc) is 2.57. The van der Waals surface area contributed by atoms with Gasteiger partial charge in [0.05, 0.1) is 0 Å². The zero-order valence-corrected chi connectivity index (χ0v) is 13.1. The van der Waals surface area contributed by atoms with E-state index in [9.17, 15) is 0 Å². The lowest BCUT2D eigenvalue weighted by Gasteiger charge is -2.34. The third kappa shape index (κ3) is 4.34. The molecule has 114 valence electrons.